The summed E-state index contributed by atoms with van der Waals surface area (Å²) in [6.45, 7) is 0. The molecule has 0 bridgehead atoms. The summed E-state index contributed by atoms with van der Waals surface area (Å²) in [5.41, 5.74) is -0.154. The van der Waals surface area contributed by atoms with Crippen LogP contribution in [0.25, 0.3) is 11.5 Å². The third-order valence-corrected chi connectivity index (χ3v) is 3.82. The Morgan fingerprint density at radius 1 is 1.24 bits per heavy atom. The van der Waals surface area contributed by atoms with Crippen LogP contribution >= 0.6 is 0 Å². The molecule has 0 saturated heterocycles. The van der Waals surface area contributed by atoms with Gasteiger partial charge in [0.2, 0.25) is 17.6 Å². The lowest BCUT2D eigenvalue weighted by atomic mass is 9.75. The van der Waals surface area contributed by atoms with Gasteiger partial charge in [-0.3, -0.25) is 0 Å². The molecule has 1 saturated carbocycles. The van der Waals surface area contributed by atoms with Crippen LogP contribution in [0, 0.1) is 11.3 Å². The summed E-state index contributed by atoms with van der Waals surface area (Å²) in [5, 5.41) is 13.5. The minimum absolute atomic E-state index is 0.348. The van der Waals surface area contributed by atoms with Crippen molar-refractivity contribution >= 4 is 0 Å². The fraction of sp³-hybridized carbons (Fsp3) is 0.500. The van der Waals surface area contributed by atoms with Crippen molar-refractivity contribution in [3.8, 4) is 23.5 Å². The number of ether oxygens (including phenoxy) is 1. The summed E-state index contributed by atoms with van der Waals surface area (Å²) in [6.07, 6.45) is 7.70. The average Bonchev–Trinajstić information content (AvgIpc) is 3.06. The van der Waals surface area contributed by atoms with Gasteiger partial charge in [-0.1, -0.05) is 24.4 Å². The van der Waals surface area contributed by atoms with E-state index in [2.05, 4.69) is 26.2 Å². The fourth-order valence-electron chi connectivity index (χ4n) is 2.59. The number of hydrogen-bond acceptors (Lipinski definition) is 7. The van der Waals surface area contributed by atoms with Gasteiger partial charge in [0, 0.05) is 0 Å². The molecule has 7 heteroatoms. The average molecular weight is 285 g/mol. The SMILES string of the molecule is COc1cnc(-c2noc(C3(C#N)CCCCC3)n2)cn1. The number of hydrogen-bond donors (Lipinski definition) is 0. The van der Waals surface area contributed by atoms with E-state index in [9.17, 15) is 5.26 Å². The molecule has 0 aliphatic heterocycles. The summed E-state index contributed by atoms with van der Waals surface area (Å²) >= 11 is 0. The zero-order valence-electron chi connectivity index (χ0n) is 11.7. The molecular formula is C14H15N5O2. The molecule has 21 heavy (non-hydrogen) atoms. The van der Waals surface area contributed by atoms with Gasteiger partial charge in [-0.25, -0.2) is 9.97 Å². The van der Waals surface area contributed by atoms with Crippen molar-refractivity contribution in [2.45, 2.75) is 37.5 Å². The Labute approximate surface area is 122 Å². The smallest absolute Gasteiger partial charge is 0.247 e. The first-order chi connectivity index (χ1) is 10.3. The van der Waals surface area contributed by atoms with E-state index in [0.717, 1.165) is 32.1 Å². The second-order valence-electron chi connectivity index (χ2n) is 5.12. The van der Waals surface area contributed by atoms with Crippen LogP contribution in [-0.4, -0.2) is 27.2 Å². The van der Waals surface area contributed by atoms with Crippen LogP contribution in [0.4, 0.5) is 0 Å². The van der Waals surface area contributed by atoms with E-state index in [1.165, 1.54) is 19.5 Å². The van der Waals surface area contributed by atoms with Crippen LogP contribution in [0.5, 0.6) is 5.88 Å². The molecule has 1 aliphatic rings. The number of nitrogens with zero attached hydrogens (tertiary/aromatic N) is 5. The quantitative estimate of drug-likeness (QED) is 0.852. The number of methoxy groups -OCH3 is 1. The normalized spacial score (nSPS) is 17.1. The Morgan fingerprint density at radius 2 is 2.05 bits per heavy atom. The maximum Gasteiger partial charge on any atom is 0.247 e. The lowest BCUT2D eigenvalue weighted by molar-refractivity contribution is 0.264. The minimum Gasteiger partial charge on any atom is -0.480 e. The molecule has 1 fully saturated rings. The van der Waals surface area contributed by atoms with Crippen LogP contribution < -0.4 is 4.74 Å². The molecule has 0 unspecified atom stereocenters. The first kappa shape index (κ1) is 13.5. The van der Waals surface area contributed by atoms with Gasteiger partial charge in [0.1, 0.15) is 11.1 Å². The third kappa shape index (κ3) is 2.44. The van der Waals surface area contributed by atoms with Gasteiger partial charge in [-0.15, -0.1) is 0 Å². The number of nitriles is 1. The topological polar surface area (TPSA) is 97.7 Å². The van der Waals surface area contributed by atoms with Crippen molar-refractivity contribution < 1.29 is 9.26 Å². The second-order valence-corrected chi connectivity index (χ2v) is 5.12. The van der Waals surface area contributed by atoms with Gasteiger partial charge in [0.15, 0.2) is 0 Å². The van der Waals surface area contributed by atoms with Gasteiger partial charge in [-0.2, -0.15) is 10.2 Å². The minimum atomic E-state index is -0.649. The largest absolute Gasteiger partial charge is 0.480 e. The Hall–Kier alpha value is -2.49. The number of rotatable bonds is 3. The van der Waals surface area contributed by atoms with Crippen molar-refractivity contribution in [2.75, 3.05) is 7.11 Å². The van der Waals surface area contributed by atoms with E-state index in [-0.39, 0.29) is 0 Å². The summed E-state index contributed by atoms with van der Waals surface area (Å²) in [6, 6.07) is 2.36. The molecule has 2 aromatic heterocycles. The van der Waals surface area contributed by atoms with E-state index in [1.54, 1.807) is 0 Å². The van der Waals surface area contributed by atoms with Crippen LogP contribution in [0.15, 0.2) is 16.9 Å². The van der Waals surface area contributed by atoms with Crippen molar-refractivity contribution in [2.24, 2.45) is 0 Å². The monoisotopic (exact) mass is 285 g/mol. The molecule has 0 amide bonds. The van der Waals surface area contributed by atoms with Crippen LogP contribution in [-0.2, 0) is 5.41 Å². The lowest BCUT2D eigenvalue weighted by Gasteiger charge is -2.26. The van der Waals surface area contributed by atoms with E-state index in [0.29, 0.717) is 23.3 Å². The molecule has 2 aromatic rings. The van der Waals surface area contributed by atoms with Gasteiger partial charge in [-0.05, 0) is 12.8 Å². The Morgan fingerprint density at radius 3 is 2.67 bits per heavy atom. The molecule has 0 aromatic carbocycles. The molecule has 108 valence electrons. The zero-order chi connectivity index (χ0) is 14.7. The predicted octanol–water partition coefficient (Wildman–Crippen LogP) is 2.26. The van der Waals surface area contributed by atoms with E-state index in [4.69, 9.17) is 9.26 Å². The first-order valence-corrected chi connectivity index (χ1v) is 6.89. The molecule has 0 spiro atoms. The van der Waals surface area contributed by atoms with Crippen LogP contribution in [0.2, 0.25) is 0 Å². The van der Waals surface area contributed by atoms with E-state index < -0.39 is 5.41 Å². The molecule has 2 heterocycles. The zero-order valence-corrected chi connectivity index (χ0v) is 11.7. The highest BCUT2D eigenvalue weighted by Gasteiger charge is 2.39. The van der Waals surface area contributed by atoms with Crippen molar-refractivity contribution in [3.05, 3.63) is 18.3 Å². The van der Waals surface area contributed by atoms with E-state index in [1.807, 2.05) is 0 Å². The van der Waals surface area contributed by atoms with E-state index >= 15 is 0 Å². The standard InChI is InChI=1S/C14H15N5O2/c1-20-11-8-16-10(7-17-11)12-18-13(21-19-12)14(9-15)5-3-2-4-6-14/h7-8H,2-6H2,1H3. The molecular weight excluding hydrogens is 270 g/mol. The van der Waals surface area contributed by atoms with Crippen molar-refractivity contribution in [1.29, 1.82) is 5.26 Å². The molecule has 3 rings (SSSR count). The van der Waals surface area contributed by atoms with Crippen molar-refractivity contribution in [1.82, 2.24) is 20.1 Å². The van der Waals surface area contributed by atoms with Gasteiger partial charge < -0.3 is 9.26 Å². The molecule has 1 aliphatic carbocycles. The Bertz CT molecular complexity index is 653. The third-order valence-electron chi connectivity index (χ3n) is 3.82. The highest BCUT2D eigenvalue weighted by atomic mass is 16.5. The maximum absolute atomic E-state index is 9.52. The summed E-state index contributed by atoms with van der Waals surface area (Å²) in [5.74, 6) is 1.15. The Balaban J connectivity index is 1.90. The summed E-state index contributed by atoms with van der Waals surface area (Å²) in [4.78, 5) is 12.6. The predicted molar refractivity (Wildman–Crippen MR) is 72.3 cm³/mol. The molecule has 0 radical (unpaired) electrons. The maximum atomic E-state index is 9.52. The second kappa shape index (κ2) is 5.48. The van der Waals surface area contributed by atoms with Crippen LogP contribution in [0.1, 0.15) is 38.0 Å². The molecule has 0 atom stereocenters. The summed E-state index contributed by atoms with van der Waals surface area (Å²) in [7, 11) is 1.52. The van der Waals surface area contributed by atoms with Gasteiger partial charge in [0.25, 0.3) is 0 Å². The van der Waals surface area contributed by atoms with Gasteiger partial charge >= 0.3 is 0 Å². The Kier molecular flexibility index (Phi) is 3.52. The van der Waals surface area contributed by atoms with Gasteiger partial charge in [0.05, 0.1) is 25.6 Å². The lowest BCUT2D eigenvalue weighted by Crippen LogP contribution is -2.27. The summed E-state index contributed by atoms with van der Waals surface area (Å²) < 4.78 is 10.3. The highest BCUT2D eigenvalue weighted by Crippen LogP contribution is 2.38. The molecule has 0 N–H and O–H groups in total. The first-order valence-electron chi connectivity index (χ1n) is 6.89. The molecule has 7 nitrogen and oxygen atoms in total. The van der Waals surface area contributed by atoms with Crippen LogP contribution in [0.3, 0.4) is 0 Å². The fourth-order valence-corrected chi connectivity index (χ4v) is 2.59. The highest BCUT2D eigenvalue weighted by molar-refractivity contribution is 5.46. The number of aromatic nitrogens is 4. The van der Waals surface area contributed by atoms with Crippen molar-refractivity contribution in [3.63, 3.8) is 0 Å².